The minimum Gasteiger partial charge on any atom is -0.454 e. The molecule has 3 rings (SSSR count). The van der Waals surface area contributed by atoms with Crippen molar-refractivity contribution in [3.05, 3.63) is 17.5 Å². The minimum absolute atomic E-state index is 0.159. The number of nitrogens with zero attached hydrogens (tertiary/aromatic N) is 4. The van der Waals surface area contributed by atoms with Crippen LogP contribution in [-0.4, -0.2) is 26.2 Å². The number of hydrogen-bond acceptors (Lipinski definition) is 5. The van der Waals surface area contributed by atoms with Crippen LogP contribution in [0, 0.1) is 0 Å². The molecule has 0 unspecified atom stereocenters. The fourth-order valence-corrected chi connectivity index (χ4v) is 2.40. The highest BCUT2D eigenvalue weighted by molar-refractivity contribution is 5.82. The summed E-state index contributed by atoms with van der Waals surface area (Å²) in [6.45, 7) is 0.159. The number of aromatic nitrogens is 4. The quantitative estimate of drug-likeness (QED) is 0.612. The maximum atomic E-state index is 11.7. The van der Waals surface area contributed by atoms with E-state index in [9.17, 15) is 4.79 Å². The normalized spacial score (nSPS) is 19.3. The lowest BCUT2D eigenvalue weighted by atomic mass is 9.95. The van der Waals surface area contributed by atoms with Crippen molar-refractivity contribution in [1.82, 2.24) is 20.2 Å². The Hall–Kier alpha value is -1.72. The fourth-order valence-electron chi connectivity index (χ4n) is 2.40. The first-order chi connectivity index (χ1) is 9.33. The molecule has 0 saturated heterocycles. The van der Waals surface area contributed by atoms with Crippen LogP contribution in [0.15, 0.2) is 11.6 Å². The summed E-state index contributed by atoms with van der Waals surface area (Å²) in [6.07, 6.45) is 9.53. The summed E-state index contributed by atoms with van der Waals surface area (Å²) in [5.41, 5.74) is 1.21. The van der Waals surface area contributed by atoms with E-state index < -0.39 is 0 Å². The first-order valence-corrected chi connectivity index (χ1v) is 6.96. The molecule has 6 heteroatoms. The van der Waals surface area contributed by atoms with Crippen molar-refractivity contribution in [2.75, 3.05) is 0 Å². The molecule has 0 aliphatic heterocycles. The lowest BCUT2D eigenvalue weighted by Crippen LogP contribution is -2.09. The van der Waals surface area contributed by atoms with E-state index >= 15 is 0 Å². The molecule has 0 aromatic carbocycles. The van der Waals surface area contributed by atoms with Gasteiger partial charge in [0.25, 0.3) is 0 Å². The van der Waals surface area contributed by atoms with Crippen molar-refractivity contribution in [3.8, 4) is 0 Å². The number of ether oxygens (including phenoxy) is 1. The molecular formula is C13H18N4O2. The Morgan fingerprint density at radius 1 is 1.32 bits per heavy atom. The molecule has 0 radical (unpaired) electrons. The van der Waals surface area contributed by atoms with Gasteiger partial charge in [0.1, 0.15) is 0 Å². The summed E-state index contributed by atoms with van der Waals surface area (Å²) < 4.78 is 6.99. The third-order valence-electron chi connectivity index (χ3n) is 3.62. The van der Waals surface area contributed by atoms with Crippen LogP contribution in [0.3, 0.4) is 0 Å². The lowest BCUT2D eigenvalue weighted by molar-refractivity contribution is -0.139. The monoisotopic (exact) mass is 262 g/mol. The standard InChI is InChI=1S/C13H18N4O2/c18-13(8-10-4-2-1-3-5-10)19-9-12-14-15-16-17(12)11-6-7-11/h8,11H,1-7,9H2. The third kappa shape index (κ3) is 3.19. The Morgan fingerprint density at radius 2 is 2.11 bits per heavy atom. The smallest absolute Gasteiger partial charge is 0.331 e. The topological polar surface area (TPSA) is 69.9 Å². The zero-order valence-corrected chi connectivity index (χ0v) is 10.9. The van der Waals surface area contributed by atoms with Crippen molar-refractivity contribution < 1.29 is 9.53 Å². The van der Waals surface area contributed by atoms with Gasteiger partial charge in [-0.3, -0.25) is 0 Å². The van der Waals surface area contributed by atoms with Crippen molar-refractivity contribution >= 4 is 5.97 Å². The molecule has 2 aliphatic carbocycles. The summed E-state index contributed by atoms with van der Waals surface area (Å²) in [4.78, 5) is 11.7. The molecule has 1 heterocycles. The average Bonchev–Trinajstić information content (AvgIpc) is 3.16. The van der Waals surface area contributed by atoms with Crippen molar-refractivity contribution in [2.24, 2.45) is 0 Å². The minimum atomic E-state index is -0.276. The molecule has 6 nitrogen and oxygen atoms in total. The highest BCUT2D eigenvalue weighted by Gasteiger charge is 2.27. The second-order valence-corrected chi connectivity index (χ2v) is 5.24. The van der Waals surface area contributed by atoms with Gasteiger partial charge in [0.15, 0.2) is 12.4 Å². The van der Waals surface area contributed by atoms with E-state index in [2.05, 4.69) is 15.5 Å². The van der Waals surface area contributed by atoms with Crippen molar-refractivity contribution in [2.45, 2.75) is 57.6 Å². The van der Waals surface area contributed by atoms with E-state index in [0.29, 0.717) is 11.9 Å². The van der Waals surface area contributed by atoms with Gasteiger partial charge in [-0.1, -0.05) is 12.0 Å². The molecule has 1 aromatic rings. The van der Waals surface area contributed by atoms with Gasteiger partial charge < -0.3 is 4.74 Å². The van der Waals surface area contributed by atoms with E-state index in [0.717, 1.165) is 25.7 Å². The van der Waals surface area contributed by atoms with Crippen LogP contribution in [0.2, 0.25) is 0 Å². The van der Waals surface area contributed by atoms with Gasteiger partial charge in [-0.2, -0.15) is 0 Å². The van der Waals surface area contributed by atoms with Crippen LogP contribution in [0.5, 0.6) is 0 Å². The molecule has 2 saturated carbocycles. The van der Waals surface area contributed by atoms with Gasteiger partial charge in [0.2, 0.25) is 0 Å². The largest absolute Gasteiger partial charge is 0.454 e. The maximum Gasteiger partial charge on any atom is 0.331 e. The van der Waals surface area contributed by atoms with Crippen LogP contribution in [0.25, 0.3) is 0 Å². The van der Waals surface area contributed by atoms with E-state index in [1.165, 1.54) is 24.8 Å². The van der Waals surface area contributed by atoms with Crippen LogP contribution in [-0.2, 0) is 16.1 Å². The van der Waals surface area contributed by atoms with Gasteiger partial charge in [-0.25, -0.2) is 9.48 Å². The summed E-state index contributed by atoms with van der Waals surface area (Å²) in [5, 5.41) is 11.5. The van der Waals surface area contributed by atoms with E-state index in [4.69, 9.17) is 4.74 Å². The SMILES string of the molecule is O=C(C=C1CCCCC1)OCc1nnnn1C1CC1. The summed E-state index contributed by atoms with van der Waals surface area (Å²) in [7, 11) is 0. The van der Waals surface area contributed by atoms with E-state index in [1.807, 2.05) is 0 Å². The zero-order chi connectivity index (χ0) is 13.1. The number of allylic oxidation sites excluding steroid dienone is 1. The molecule has 2 aliphatic rings. The average molecular weight is 262 g/mol. The Kier molecular flexibility index (Phi) is 3.57. The Balaban J connectivity index is 1.53. The molecule has 0 bridgehead atoms. The Morgan fingerprint density at radius 3 is 2.84 bits per heavy atom. The fraction of sp³-hybridized carbons (Fsp3) is 0.692. The van der Waals surface area contributed by atoms with Gasteiger partial charge in [0.05, 0.1) is 6.04 Å². The number of tetrazole rings is 1. The Labute approximate surface area is 111 Å². The molecule has 0 N–H and O–H groups in total. The molecule has 0 amide bonds. The summed E-state index contributed by atoms with van der Waals surface area (Å²) >= 11 is 0. The van der Waals surface area contributed by atoms with Crippen LogP contribution >= 0.6 is 0 Å². The maximum absolute atomic E-state index is 11.7. The molecular weight excluding hydrogens is 244 g/mol. The van der Waals surface area contributed by atoms with Gasteiger partial charge in [-0.05, 0) is 49.0 Å². The second-order valence-electron chi connectivity index (χ2n) is 5.24. The van der Waals surface area contributed by atoms with Crippen molar-refractivity contribution in [3.63, 3.8) is 0 Å². The summed E-state index contributed by atoms with van der Waals surface area (Å²) in [6, 6.07) is 0.403. The van der Waals surface area contributed by atoms with Gasteiger partial charge in [0, 0.05) is 6.08 Å². The van der Waals surface area contributed by atoms with E-state index in [1.54, 1.807) is 10.8 Å². The highest BCUT2D eigenvalue weighted by atomic mass is 16.5. The van der Waals surface area contributed by atoms with Crippen molar-refractivity contribution in [1.29, 1.82) is 0 Å². The number of rotatable bonds is 4. The van der Waals surface area contributed by atoms with Crippen LogP contribution < -0.4 is 0 Å². The molecule has 2 fully saturated rings. The first kappa shape index (κ1) is 12.3. The Bertz CT molecular complexity index is 483. The third-order valence-corrected chi connectivity index (χ3v) is 3.62. The molecule has 0 spiro atoms. The highest BCUT2D eigenvalue weighted by Crippen LogP contribution is 2.34. The summed E-state index contributed by atoms with van der Waals surface area (Å²) in [5.74, 6) is 0.361. The van der Waals surface area contributed by atoms with Gasteiger partial charge >= 0.3 is 5.97 Å². The number of esters is 1. The zero-order valence-electron chi connectivity index (χ0n) is 10.9. The molecule has 0 atom stereocenters. The van der Waals surface area contributed by atoms with E-state index in [-0.39, 0.29) is 12.6 Å². The van der Waals surface area contributed by atoms with Gasteiger partial charge in [-0.15, -0.1) is 5.10 Å². The first-order valence-electron chi connectivity index (χ1n) is 6.96. The number of hydrogen-bond donors (Lipinski definition) is 0. The lowest BCUT2D eigenvalue weighted by Gasteiger charge is -2.12. The predicted molar refractivity (Wildman–Crippen MR) is 67.1 cm³/mol. The second kappa shape index (κ2) is 5.50. The predicted octanol–water partition coefficient (Wildman–Crippen LogP) is 1.94. The molecule has 19 heavy (non-hydrogen) atoms. The van der Waals surface area contributed by atoms with Crippen LogP contribution in [0.1, 0.15) is 56.8 Å². The molecule has 102 valence electrons. The molecule has 1 aromatic heterocycles. The number of carbonyl (C=O) groups is 1. The van der Waals surface area contributed by atoms with Crippen LogP contribution in [0.4, 0.5) is 0 Å². The number of carbonyl (C=O) groups excluding carboxylic acids is 1.